The summed E-state index contributed by atoms with van der Waals surface area (Å²) >= 11 is 1.51. The van der Waals surface area contributed by atoms with Gasteiger partial charge in [0.1, 0.15) is 0 Å². The summed E-state index contributed by atoms with van der Waals surface area (Å²) in [4.78, 5) is 18.1. The molecule has 1 aromatic heterocycles. The first kappa shape index (κ1) is 16.1. The first-order valence-electron chi connectivity index (χ1n) is 7.77. The number of hydrogen-bond donors (Lipinski definition) is 0. The summed E-state index contributed by atoms with van der Waals surface area (Å²) in [7, 11) is 0. The Hall–Kier alpha value is -1.81. The van der Waals surface area contributed by atoms with Gasteiger partial charge in [0.2, 0.25) is 0 Å². The second-order valence-corrected chi connectivity index (χ2v) is 7.66. The fourth-order valence-electron chi connectivity index (χ4n) is 3.38. The molecule has 0 unspecified atom stereocenters. The molecule has 3 rings (SSSR count). The zero-order valence-corrected chi connectivity index (χ0v) is 15.0. The van der Waals surface area contributed by atoms with Crippen LogP contribution in [-0.2, 0) is 18.4 Å². The molecular formula is C19H22N2OS. The lowest BCUT2D eigenvalue weighted by Gasteiger charge is -2.33. The van der Waals surface area contributed by atoms with Crippen LogP contribution in [-0.4, -0.2) is 15.8 Å². The van der Waals surface area contributed by atoms with Gasteiger partial charge in [0.05, 0.1) is 5.69 Å². The number of aromatic nitrogens is 2. The zero-order chi connectivity index (χ0) is 16.8. The molecule has 2 aromatic rings. The van der Waals surface area contributed by atoms with Crippen molar-refractivity contribution in [2.75, 3.05) is 6.26 Å². The molecule has 0 aliphatic heterocycles. The minimum Gasteiger partial charge on any atom is -0.283 e. The highest BCUT2D eigenvalue weighted by Gasteiger charge is 2.35. The van der Waals surface area contributed by atoms with Crippen LogP contribution in [0.4, 0.5) is 0 Å². The van der Waals surface area contributed by atoms with Crippen molar-refractivity contribution >= 4 is 11.8 Å². The molecule has 0 atom stereocenters. The molecule has 1 heterocycles. The normalized spacial score (nSPS) is 15.0. The zero-order valence-electron chi connectivity index (χ0n) is 14.1. The van der Waals surface area contributed by atoms with Crippen molar-refractivity contribution in [2.45, 2.75) is 44.3 Å². The molecule has 120 valence electrons. The fraction of sp³-hybridized carbons (Fsp3) is 0.368. The van der Waals surface area contributed by atoms with Crippen molar-refractivity contribution in [1.29, 1.82) is 0 Å². The van der Waals surface area contributed by atoms with E-state index in [-0.39, 0.29) is 11.0 Å². The van der Waals surface area contributed by atoms with Crippen molar-refractivity contribution in [3.63, 3.8) is 0 Å². The molecular weight excluding hydrogens is 304 g/mol. The Morgan fingerprint density at radius 1 is 1.39 bits per heavy atom. The topological polar surface area (TPSA) is 34.9 Å². The summed E-state index contributed by atoms with van der Waals surface area (Å²) in [5.74, 6) is 0. The molecule has 3 nitrogen and oxygen atoms in total. The predicted molar refractivity (Wildman–Crippen MR) is 97.3 cm³/mol. The number of benzene rings is 1. The van der Waals surface area contributed by atoms with Crippen LogP contribution in [0.5, 0.6) is 0 Å². The minimum atomic E-state index is -0.221. The summed E-state index contributed by atoms with van der Waals surface area (Å²) in [6.45, 7) is 10.7. The van der Waals surface area contributed by atoms with Gasteiger partial charge >= 0.3 is 0 Å². The second kappa shape index (κ2) is 5.68. The van der Waals surface area contributed by atoms with Crippen molar-refractivity contribution < 1.29 is 0 Å². The highest BCUT2D eigenvalue weighted by Crippen LogP contribution is 2.40. The highest BCUT2D eigenvalue weighted by atomic mass is 32.2. The molecule has 0 fully saturated rings. The van der Waals surface area contributed by atoms with Crippen molar-refractivity contribution in [3.8, 4) is 11.3 Å². The van der Waals surface area contributed by atoms with Gasteiger partial charge in [0, 0.05) is 23.1 Å². The third kappa shape index (κ3) is 2.65. The summed E-state index contributed by atoms with van der Waals surface area (Å²) in [5, 5.41) is 0.754. The van der Waals surface area contributed by atoms with Crippen LogP contribution in [0.3, 0.4) is 0 Å². The van der Waals surface area contributed by atoms with E-state index < -0.39 is 0 Å². The van der Waals surface area contributed by atoms with Crippen molar-refractivity contribution in [1.82, 2.24) is 9.55 Å². The minimum absolute atomic E-state index is 0.0712. The maximum Gasteiger partial charge on any atom is 0.258 e. The number of nitrogens with zero attached hydrogens (tertiary/aromatic N) is 2. The molecule has 0 radical (unpaired) electrons. The van der Waals surface area contributed by atoms with Gasteiger partial charge in [0.15, 0.2) is 5.16 Å². The first-order valence-corrected chi connectivity index (χ1v) is 8.99. The average Bonchev–Trinajstić information content (AvgIpc) is 2.48. The molecule has 4 heteroatoms. The number of allylic oxidation sites excluding steroid dienone is 1. The Kier molecular flexibility index (Phi) is 3.96. The fourth-order valence-corrected chi connectivity index (χ4v) is 3.93. The molecule has 0 saturated carbocycles. The van der Waals surface area contributed by atoms with Crippen LogP contribution >= 0.6 is 11.8 Å². The van der Waals surface area contributed by atoms with Gasteiger partial charge in [-0.25, -0.2) is 4.98 Å². The summed E-state index contributed by atoms with van der Waals surface area (Å²) in [6.07, 6.45) is 2.82. The maximum absolute atomic E-state index is 13.2. The van der Waals surface area contributed by atoms with E-state index in [0.29, 0.717) is 6.54 Å². The molecule has 0 spiro atoms. The van der Waals surface area contributed by atoms with Crippen LogP contribution < -0.4 is 5.56 Å². The van der Waals surface area contributed by atoms with E-state index in [4.69, 9.17) is 4.98 Å². The van der Waals surface area contributed by atoms with Gasteiger partial charge < -0.3 is 0 Å². The van der Waals surface area contributed by atoms with E-state index in [1.807, 2.05) is 19.2 Å². The molecule has 0 N–H and O–H groups in total. The largest absolute Gasteiger partial charge is 0.283 e. The predicted octanol–water partition coefficient (Wildman–Crippen LogP) is 4.04. The van der Waals surface area contributed by atoms with Gasteiger partial charge in [-0.1, -0.05) is 62.0 Å². The van der Waals surface area contributed by atoms with E-state index in [1.54, 1.807) is 4.57 Å². The molecule has 0 bridgehead atoms. The lowest BCUT2D eigenvalue weighted by atomic mass is 9.72. The van der Waals surface area contributed by atoms with E-state index in [2.05, 4.69) is 38.6 Å². The average molecular weight is 326 g/mol. The smallest absolute Gasteiger partial charge is 0.258 e. The maximum atomic E-state index is 13.2. The number of hydrogen-bond acceptors (Lipinski definition) is 3. The summed E-state index contributed by atoms with van der Waals surface area (Å²) in [6, 6.07) is 8.28. The van der Waals surface area contributed by atoms with Crippen LogP contribution in [0.15, 0.2) is 46.4 Å². The van der Waals surface area contributed by atoms with Crippen LogP contribution in [0.1, 0.15) is 31.9 Å². The van der Waals surface area contributed by atoms with E-state index in [0.717, 1.165) is 34.0 Å². The van der Waals surface area contributed by atoms with Crippen LogP contribution in [0.2, 0.25) is 0 Å². The van der Waals surface area contributed by atoms with Crippen LogP contribution in [0, 0.1) is 0 Å². The molecule has 0 amide bonds. The lowest BCUT2D eigenvalue weighted by molar-refractivity contribution is 0.488. The lowest BCUT2D eigenvalue weighted by Crippen LogP contribution is -2.38. The van der Waals surface area contributed by atoms with E-state index >= 15 is 0 Å². The van der Waals surface area contributed by atoms with E-state index in [1.165, 1.54) is 17.3 Å². The monoisotopic (exact) mass is 326 g/mol. The van der Waals surface area contributed by atoms with Gasteiger partial charge in [-0.3, -0.25) is 9.36 Å². The van der Waals surface area contributed by atoms with Gasteiger partial charge in [-0.05, 0) is 25.2 Å². The number of fused-ring (bicyclic) bond motifs is 3. The SMILES string of the molecule is C=C(C)Cn1c(SC)nc2c(c1=O)C(C)(C)Cc1ccccc1-2. The quantitative estimate of drug-likeness (QED) is 0.485. The standard InChI is InChI=1S/C19H22N2OS/c1-12(2)11-21-17(22)15-16(20-18(21)23-5)14-9-7-6-8-13(14)10-19(15,3)4/h6-9H,1,10-11H2,2-5H3. The van der Waals surface area contributed by atoms with E-state index in [9.17, 15) is 4.79 Å². The number of thioether (sulfide) groups is 1. The van der Waals surface area contributed by atoms with Gasteiger partial charge in [-0.15, -0.1) is 0 Å². The second-order valence-electron chi connectivity index (χ2n) is 6.89. The Morgan fingerprint density at radius 2 is 2.09 bits per heavy atom. The first-order chi connectivity index (χ1) is 10.8. The molecule has 23 heavy (non-hydrogen) atoms. The van der Waals surface area contributed by atoms with Gasteiger partial charge in [0.25, 0.3) is 5.56 Å². The molecule has 1 aliphatic carbocycles. The Morgan fingerprint density at radius 3 is 2.74 bits per heavy atom. The van der Waals surface area contributed by atoms with Gasteiger partial charge in [-0.2, -0.15) is 0 Å². The molecule has 0 saturated heterocycles. The van der Waals surface area contributed by atoms with Crippen LogP contribution in [0.25, 0.3) is 11.3 Å². The van der Waals surface area contributed by atoms with Crippen molar-refractivity contribution in [2.24, 2.45) is 0 Å². The van der Waals surface area contributed by atoms with Crippen molar-refractivity contribution in [3.05, 3.63) is 57.9 Å². The Bertz CT molecular complexity index is 849. The summed E-state index contributed by atoms with van der Waals surface area (Å²) < 4.78 is 1.77. The Labute approximate surface area is 141 Å². The molecule has 1 aliphatic rings. The highest BCUT2D eigenvalue weighted by molar-refractivity contribution is 7.98. The third-order valence-corrected chi connectivity index (χ3v) is 5.00. The summed E-state index contributed by atoms with van der Waals surface area (Å²) in [5.41, 5.74) is 4.85. The third-order valence-electron chi connectivity index (χ3n) is 4.33. The Balaban J connectivity index is 2.37. The molecule has 1 aromatic carbocycles. The number of rotatable bonds is 3.